The van der Waals surface area contributed by atoms with Crippen LogP contribution >= 0.6 is 0 Å². The topological polar surface area (TPSA) is 124 Å². The zero-order valence-electron chi connectivity index (χ0n) is 22.8. The minimum atomic E-state index is -0.514. The number of hydrogen-bond acceptors (Lipinski definition) is 8. The Bertz CT molecular complexity index is 1800. The second kappa shape index (κ2) is 12.5. The van der Waals surface area contributed by atoms with E-state index in [1.807, 2.05) is 48.5 Å². The van der Waals surface area contributed by atoms with Gasteiger partial charge < -0.3 is 9.30 Å². The highest BCUT2D eigenvalue weighted by Gasteiger charge is 2.22. The lowest BCUT2D eigenvalue weighted by Gasteiger charge is -2.12. The van der Waals surface area contributed by atoms with Crippen molar-refractivity contribution in [1.82, 2.24) is 40.1 Å². The van der Waals surface area contributed by atoms with Crippen LogP contribution in [0.15, 0.2) is 79.0 Å². The molecule has 0 aliphatic carbocycles. The van der Waals surface area contributed by atoms with Gasteiger partial charge in [-0.1, -0.05) is 75.4 Å². The van der Waals surface area contributed by atoms with Gasteiger partial charge in [-0.05, 0) is 46.5 Å². The summed E-state index contributed by atoms with van der Waals surface area (Å²) in [7, 11) is 1.36. The van der Waals surface area contributed by atoms with Gasteiger partial charge in [-0.2, -0.15) is 5.21 Å². The first-order valence-electron chi connectivity index (χ1n) is 13.5. The second-order valence-electron chi connectivity index (χ2n) is 9.63. The molecule has 2 aromatic carbocycles. The van der Waals surface area contributed by atoms with Crippen molar-refractivity contribution in [3.05, 3.63) is 96.1 Å². The number of methoxy groups -OCH3 is 1. The van der Waals surface area contributed by atoms with E-state index in [1.165, 1.54) is 7.11 Å². The van der Waals surface area contributed by atoms with Crippen molar-refractivity contribution < 1.29 is 9.53 Å². The summed E-state index contributed by atoms with van der Waals surface area (Å²) in [4.78, 5) is 27.0. The summed E-state index contributed by atoms with van der Waals surface area (Å²) in [5.41, 5.74) is 6.86. The van der Waals surface area contributed by atoms with Crippen LogP contribution in [0.1, 0.15) is 49.1 Å². The van der Waals surface area contributed by atoms with Gasteiger partial charge in [-0.25, -0.2) is 14.8 Å². The lowest BCUT2D eigenvalue weighted by atomic mass is 9.98. The molecule has 10 heteroatoms. The Morgan fingerprint density at radius 3 is 2.43 bits per heavy atom. The Kier molecular flexibility index (Phi) is 8.42. The van der Waals surface area contributed by atoms with Crippen molar-refractivity contribution in [2.45, 2.75) is 40.2 Å². The summed E-state index contributed by atoms with van der Waals surface area (Å²) in [6, 6.07) is 23.8. The van der Waals surface area contributed by atoms with Gasteiger partial charge >= 0.3 is 5.97 Å². The van der Waals surface area contributed by atoms with Gasteiger partial charge in [-0.15, -0.1) is 10.2 Å². The molecule has 0 amide bonds. The highest BCUT2D eigenvalue weighted by molar-refractivity contribution is 5.98. The predicted molar refractivity (Wildman–Crippen MR) is 162 cm³/mol. The van der Waals surface area contributed by atoms with Crippen molar-refractivity contribution in [2.24, 2.45) is 0 Å². The van der Waals surface area contributed by atoms with Crippen molar-refractivity contribution in [1.29, 1.82) is 0 Å². The maximum Gasteiger partial charge on any atom is 0.357 e. The number of H-pyrrole nitrogens is 1. The van der Waals surface area contributed by atoms with E-state index < -0.39 is 5.97 Å². The van der Waals surface area contributed by atoms with E-state index in [0.29, 0.717) is 29.3 Å². The Balaban J connectivity index is 0.00000353. The number of tetrazole rings is 1. The highest BCUT2D eigenvalue weighted by atomic mass is 16.5. The van der Waals surface area contributed by atoms with E-state index in [2.05, 4.69) is 61.4 Å². The van der Waals surface area contributed by atoms with Gasteiger partial charge in [-0.3, -0.25) is 4.98 Å². The number of nitrogens with one attached hydrogen (secondary N) is 1. The number of hydrogen-bond donors (Lipinski definition) is 1. The van der Waals surface area contributed by atoms with Crippen LogP contribution in [0, 0.1) is 0 Å². The molecule has 4 aromatic heterocycles. The molecular formula is C32H32N8O2. The fourth-order valence-electron chi connectivity index (χ4n) is 4.94. The van der Waals surface area contributed by atoms with E-state index in [-0.39, 0.29) is 13.1 Å². The zero-order valence-corrected chi connectivity index (χ0v) is 22.8. The molecule has 0 aliphatic heterocycles. The van der Waals surface area contributed by atoms with Gasteiger partial charge in [0, 0.05) is 23.7 Å². The van der Waals surface area contributed by atoms with Crippen molar-refractivity contribution in [3.8, 4) is 33.8 Å². The van der Waals surface area contributed by atoms with Crippen LogP contribution in [0.3, 0.4) is 0 Å². The minimum Gasteiger partial charge on any atom is -0.464 e. The number of pyridine rings is 2. The number of benzene rings is 2. The maximum atomic E-state index is 12.8. The average Bonchev–Trinajstić information content (AvgIpc) is 3.68. The third-order valence-corrected chi connectivity index (χ3v) is 6.99. The standard InChI is InChI=1S/C31H28N8O2.CH4/c1-3-4-12-27-33-26-18-24(25-11-7-8-17-32-25)28(31(40)41-2)34-30(26)39(27)19-20-13-15-21(16-14-20)22-9-5-6-10-23(22)29-35-37-38-36-29;/h5-11,13-18H,3-4,12,19H2,1-2H3,(H,35,36,37,38);1H4. The average molecular weight is 561 g/mol. The molecule has 0 radical (unpaired) electrons. The molecule has 6 aromatic rings. The molecule has 0 bridgehead atoms. The molecule has 0 fully saturated rings. The summed E-state index contributed by atoms with van der Waals surface area (Å²) in [6.45, 7) is 2.71. The molecule has 10 nitrogen and oxygen atoms in total. The first kappa shape index (κ1) is 28.3. The number of unbranched alkanes of at least 4 members (excludes halogenated alkanes) is 1. The third-order valence-electron chi connectivity index (χ3n) is 6.99. The number of carbonyl (C=O) groups excluding carboxylic acids is 1. The molecule has 0 atom stereocenters. The molecule has 6 rings (SSSR count). The Labute approximate surface area is 243 Å². The van der Waals surface area contributed by atoms with Crippen LogP contribution in [0.4, 0.5) is 0 Å². The number of aromatic nitrogens is 8. The fraction of sp³-hybridized carbons (Fsp3) is 0.219. The Hall–Kier alpha value is -5.25. The van der Waals surface area contributed by atoms with E-state index in [1.54, 1.807) is 6.20 Å². The normalized spacial score (nSPS) is 10.9. The van der Waals surface area contributed by atoms with Gasteiger partial charge in [0.15, 0.2) is 11.3 Å². The monoisotopic (exact) mass is 560 g/mol. The van der Waals surface area contributed by atoms with E-state index in [9.17, 15) is 4.79 Å². The van der Waals surface area contributed by atoms with Crippen molar-refractivity contribution in [2.75, 3.05) is 7.11 Å². The number of carbonyl (C=O) groups is 1. The maximum absolute atomic E-state index is 12.8. The largest absolute Gasteiger partial charge is 0.464 e. The minimum absolute atomic E-state index is 0. The number of nitrogens with zero attached hydrogens (tertiary/aromatic N) is 7. The number of fused-ring (bicyclic) bond motifs is 1. The predicted octanol–water partition coefficient (Wildman–Crippen LogP) is 6.15. The number of rotatable bonds is 9. The number of ether oxygens (including phenoxy) is 1. The number of esters is 1. The zero-order chi connectivity index (χ0) is 28.2. The molecule has 1 N–H and O–H groups in total. The smallest absolute Gasteiger partial charge is 0.357 e. The molecule has 0 saturated carbocycles. The molecular weight excluding hydrogens is 528 g/mol. The van der Waals surface area contributed by atoms with Gasteiger partial charge in [0.25, 0.3) is 0 Å². The quantitative estimate of drug-likeness (QED) is 0.209. The van der Waals surface area contributed by atoms with E-state index in [4.69, 9.17) is 14.7 Å². The fourth-order valence-corrected chi connectivity index (χ4v) is 4.94. The summed E-state index contributed by atoms with van der Waals surface area (Å²) < 4.78 is 7.19. The lowest BCUT2D eigenvalue weighted by Crippen LogP contribution is -2.10. The molecule has 42 heavy (non-hydrogen) atoms. The first-order chi connectivity index (χ1) is 20.2. The molecule has 0 spiro atoms. The van der Waals surface area contributed by atoms with Crippen LogP contribution < -0.4 is 0 Å². The van der Waals surface area contributed by atoms with Gasteiger partial charge in [0.1, 0.15) is 11.3 Å². The Morgan fingerprint density at radius 2 is 1.74 bits per heavy atom. The van der Waals surface area contributed by atoms with Crippen LogP contribution in [-0.4, -0.2) is 53.2 Å². The highest BCUT2D eigenvalue weighted by Crippen LogP contribution is 2.31. The number of imidazole rings is 1. The van der Waals surface area contributed by atoms with Crippen molar-refractivity contribution >= 4 is 17.1 Å². The number of aryl methyl sites for hydroxylation is 1. The van der Waals surface area contributed by atoms with Crippen LogP contribution in [0.2, 0.25) is 0 Å². The molecule has 0 unspecified atom stereocenters. The lowest BCUT2D eigenvalue weighted by molar-refractivity contribution is 0.0595. The summed E-state index contributed by atoms with van der Waals surface area (Å²) in [5, 5.41) is 14.5. The summed E-state index contributed by atoms with van der Waals surface area (Å²) in [5.74, 6) is 0.961. The Morgan fingerprint density at radius 1 is 0.952 bits per heavy atom. The third kappa shape index (κ3) is 5.51. The van der Waals surface area contributed by atoms with Crippen LogP contribution in [0.25, 0.3) is 44.9 Å². The number of aromatic amines is 1. The first-order valence-corrected chi connectivity index (χ1v) is 13.5. The molecule has 0 saturated heterocycles. The molecule has 212 valence electrons. The molecule has 0 aliphatic rings. The SMILES string of the molecule is C.CCCCc1nc2cc(-c3ccccn3)c(C(=O)OC)nc2n1Cc1ccc(-c2ccccc2-c2nn[nH]n2)cc1. The van der Waals surface area contributed by atoms with Gasteiger partial charge in [0.05, 0.1) is 19.3 Å². The van der Waals surface area contributed by atoms with Crippen LogP contribution in [0.5, 0.6) is 0 Å². The summed E-state index contributed by atoms with van der Waals surface area (Å²) >= 11 is 0. The van der Waals surface area contributed by atoms with E-state index >= 15 is 0 Å². The van der Waals surface area contributed by atoms with Crippen molar-refractivity contribution in [3.63, 3.8) is 0 Å². The summed E-state index contributed by atoms with van der Waals surface area (Å²) in [6.07, 6.45) is 4.52. The molecule has 4 heterocycles. The van der Waals surface area contributed by atoms with Gasteiger partial charge in [0.2, 0.25) is 5.82 Å². The van der Waals surface area contributed by atoms with E-state index in [0.717, 1.165) is 52.9 Å². The second-order valence-corrected chi connectivity index (χ2v) is 9.63. The van der Waals surface area contributed by atoms with Crippen LogP contribution in [-0.2, 0) is 17.7 Å².